The van der Waals surface area contributed by atoms with E-state index in [1.165, 1.54) is 0 Å². The predicted octanol–water partition coefficient (Wildman–Crippen LogP) is 1.16. The van der Waals surface area contributed by atoms with Crippen molar-refractivity contribution >= 4 is 5.91 Å². The molecule has 4 heteroatoms. The molecule has 1 aliphatic rings. The molecule has 1 aliphatic heterocycles. The van der Waals surface area contributed by atoms with Crippen LogP contribution in [0.15, 0.2) is 30.3 Å². The highest BCUT2D eigenvalue weighted by atomic mass is 16.2. The van der Waals surface area contributed by atoms with Gasteiger partial charge in [-0.05, 0) is 19.4 Å². The van der Waals surface area contributed by atoms with Gasteiger partial charge in [0, 0.05) is 25.7 Å². The molecule has 1 fully saturated rings. The number of benzene rings is 1. The molecule has 0 aliphatic carbocycles. The number of nitrogens with zero attached hydrogens (tertiary/aromatic N) is 1. The number of rotatable bonds is 4. The van der Waals surface area contributed by atoms with Crippen molar-refractivity contribution in [3.63, 3.8) is 0 Å². The molecule has 1 aromatic carbocycles. The number of carbonyl (C=O) groups is 1. The first-order valence-electron chi connectivity index (χ1n) is 6.95. The van der Waals surface area contributed by atoms with Crippen LogP contribution in [0.4, 0.5) is 0 Å². The van der Waals surface area contributed by atoms with Crippen LogP contribution in [0.2, 0.25) is 0 Å². The minimum atomic E-state index is 0.0639. The van der Waals surface area contributed by atoms with E-state index in [-0.39, 0.29) is 11.9 Å². The molecule has 2 N–H and O–H groups in total. The van der Waals surface area contributed by atoms with Gasteiger partial charge in [0.05, 0.1) is 12.6 Å². The fourth-order valence-corrected chi connectivity index (χ4v) is 2.47. The Morgan fingerprint density at radius 2 is 2.21 bits per heavy atom. The van der Waals surface area contributed by atoms with Gasteiger partial charge < -0.3 is 10.6 Å². The van der Waals surface area contributed by atoms with E-state index >= 15 is 0 Å². The van der Waals surface area contributed by atoms with Crippen molar-refractivity contribution in [3.05, 3.63) is 35.9 Å². The first kappa shape index (κ1) is 14.0. The number of hydrogen-bond donors (Lipinski definition) is 2. The van der Waals surface area contributed by atoms with Gasteiger partial charge in [0.2, 0.25) is 5.91 Å². The molecule has 1 unspecified atom stereocenters. The van der Waals surface area contributed by atoms with Gasteiger partial charge in [0.1, 0.15) is 0 Å². The Balaban J connectivity index is 1.81. The summed E-state index contributed by atoms with van der Waals surface area (Å²) in [5, 5.41) is 6.44. The largest absolute Gasteiger partial charge is 0.348 e. The number of hydrogen-bond acceptors (Lipinski definition) is 3. The number of nitrogens with one attached hydrogen (secondary N) is 2. The van der Waals surface area contributed by atoms with E-state index in [2.05, 4.69) is 22.5 Å². The number of amides is 1. The molecule has 19 heavy (non-hydrogen) atoms. The zero-order valence-corrected chi connectivity index (χ0v) is 11.7. The maximum Gasteiger partial charge on any atom is 0.234 e. The quantitative estimate of drug-likeness (QED) is 0.855. The van der Waals surface area contributed by atoms with Crippen LogP contribution in [0.3, 0.4) is 0 Å². The maximum absolute atomic E-state index is 12.0. The molecule has 0 spiro atoms. The Morgan fingerprint density at radius 3 is 2.89 bits per heavy atom. The summed E-state index contributed by atoms with van der Waals surface area (Å²) in [6.45, 7) is 7.50. The van der Waals surface area contributed by atoms with Crippen LogP contribution in [-0.4, -0.2) is 43.0 Å². The van der Waals surface area contributed by atoms with E-state index in [1.54, 1.807) is 0 Å². The minimum Gasteiger partial charge on any atom is -0.348 e. The second kappa shape index (κ2) is 6.68. The van der Waals surface area contributed by atoms with Crippen LogP contribution in [-0.2, 0) is 4.79 Å². The summed E-state index contributed by atoms with van der Waals surface area (Å²) >= 11 is 0. The highest BCUT2D eigenvalue weighted by Gasteiger charge is 2.18. The highest BCUT2D eigenvalue weighted by molar-refractivity contribution is 5.78. The molecule has 0 radical (unpaired) electrons. The van der Waals surface area contributed by atoms with Crippen LogP contribution < -0.4 is 10.6 Å². The summed E-state index contributed by atoms with van der Waals surface area (Å²) in [5.41, 5.74) is 1.14. The third kappa shape index (κ3) is 4.33. The van der Waals surface area contributed by atoms with Crippen LogP contribution in [0.1, 0.15) is 25.5 Å². The first-order chi connectivity index (χ1) is 9.15. The standard InChI is InChI=1S/C15H23N3O/c1-12-10-18(9-8-16-12)11-15(19)17-13(2)14-6-4-3-5-7-14/h3-7,12-13,16H,8-11H2,1-2H3,(H,17,19)/t12-,13?/m0/s1. The lowest BCUT2D eigenvalue weighted by atomic mass is 10.1. The summed E-state index contributed by atoms with van der Waals surface area (Å²) in [5.74, 6) is 0.102. The van der Waals surface area contributed by atoms with E-state index in [0.29, 0.717) is 12.6 Å². The van der Waals surface area contributed by atoms with E-state index in [1.807, 2.05) is 37.3 Å². The molecule has 2 rings (SSSR count). The Bertz CT molecular complexity index is 407. The maximum atomic E-state index is 12.0. The van der Waals surface area contributed by atoms with Gasteiger partial charge in [-0.25, -0.2) is 0 Å². The lowest BCUT2D eigenvalue weighted by Crippen LogP contribution is -2.51. The zero-order valence-electron chi connectivity index (χ0n) is 11.7. The van der Waals surface area contributed by atoms with Crippen LogP contribution in [0.25, 0.3) is 0 Å². The number of piperazine rings is 1. The Labute approximate surface area is 115 Å². The van der Waals surface area contributed by atoms with Gasteiger partial charge in [-0.3, -0.25) is 9.69 Å². The van der Waals surface area contributed by atoms with Crippen LogP contribution in [0, 0.1) is 0 Å². The fourth-order valence-electron chi connectivity index (χ4n) is 2.47. The third-order valence-electron chi connectivity index (χ3n) is 3.50. The summed E-state index contributed by atoms with van der Waals surface area (Å²) in [6.07, 6.45) is 0. The molecule has 0 bridgehead atoms. The van der Waals surface area contributed by atoms with Crippen molar-refractivity contribution in [2.24, 2.45) is 0 Å². The van der Waals surface area contributed by atoms with Crippen molar-refractivity contribution in [2.45, 2.75) is 25.9 Å². The average Bonchev–Trinajstić information content (AvgIpc) is 2.39. The molecule has 1 amide bonds. The van der Waals surface area contributed by atoms with Crippen LogP contribution >= 0.6 is 0 Å². The molecule has 0 aromatic heterocycles. The Morgan fingerprint density at radius 1 is 1.47 bits per heavy atom. The van der Waals surface area contributed by atoms with Gasteiger partial charge >= 0.3 is 0 Å². The van der Waals surface area contributed by atoms with Crippen molar-refractivity contribution in [3.8, 4) is 0 Å². The normalized spacial score (nSPS) is 21.9. The van der Waals surface area contributed by atoms with E-state index in [4.69, 9.17) is 0 Å². The summed E-state index contributed by atoms with van der Waals surface area (Å²) < 4.78 is 0. The van der Waals surface area contributed by atoms with Crippen LogP contribution in [0.5, 0.6) is 0 Å². The first-order valence-corrected chi connectivity index (χ1v) is 6.95. The molecule has 1 aromatic rings. The lowest BCUT2D eigenvalue weighted by Gasteiger charge is -2.31. The van der Waals surface area contributed by atoms with Crippen molar-refractivity contribution < 1.29 is 4.79 Å². The Kier molecular flexibility index (Phi) is 4.93. The summed E-state index contributed by atoms with van der Waals surface area (Å²) in [6, 6.07) is 10.6. The van der Waals surface area contributed by atoms with Gasteiger partial charge in [0.15, 0.2) is 0 Å². The van der Waals surface area contributed by atoms with Gasteiger partial charge in [-0.2, -0.15) is 0 Å². The summed E-state index contributed by atoms with van der Waals surface area (Å²) in [4.78, 5) is 14.2. The Hall–Kier alpha value is -1.39. The van der Waals surface area contributed by atoms with E-state index < -0.39 is 0 Å². The monoisotopic (exact) mass is 261 g/mol. The zero-order chi connectivity index (χ0) is 13.7. The lowest BCUT2D eigenvalue weighted by molar-refractivity contribution is -0.123. The second-order valence-electron chi connectivity index (χ2n) is 5.29. The fraction of sp³-hybridized carbons (Fsp3) is 0.533. The van der Waals surface area contributed by atoms with Crippen molar-refractivity contribution in [2.75, 3.05) is 26.2 Å². The van der Waals surface area contributed by atoms with Crippen molar-refractivity contribution in [1.29, 1.82) is 0 Å². The molecule has 0 saturated carbocycles. The van der Waals surface area contributed by atoms with Crippen molar-refractivity contribution in [1.82, 2.24) is 15.5 Å². The predicted molar refractivity (Wildman–Crippen MR) is 76.9 cm³/mol. The molecule has 1 saturated heterocycles. The number of carbonyl (C=O) groups excluding carboxylic acids is 1. The van der Waals surface area contributed by atoms with Gasteiger partial charge in [-0.15, -0.1) is 0 Å². The molecule has 4 nitrogen and oxygen atoms in total. The second-order valence-corrected chi connectivity index (χ2v) is 5.29. The molecule has 1 heterocycles. The van der Waals surface area contributed by atoms with Gasteiger partial charge in [-0.1, -0.05) is 30.3 Å². The van der Waals surface area contributed by atoms with Gasteiger partial charge in [0.25, 0.3) is 0 Å². The molecular weight excluding hydrogens is 238 g/mol. The smallest absolute Gasteiger partial charge is 0.234 e. The SMILES string of the molecule is CC(NC(=O)CN1CCN[C@@H](C)C1)c1ccccc1. The average molecular weight is 261 g/mol. The van der Waals surface area contributed by atoms with E-state index in [9.17, 15) is 4.79 Å². The molecule has 2 atom stereocenters. The molecular formula is C15H23N3O. The molecule has 104 valence electrons. The third-order valence-corrected chi connectivity index (χ3v) is 3.50. The minimum absolute atomic E-state index is 0.0639. The topological polar surface area (TPSA) is 44.4 Å². The van der Waals surface area contributed by atoms with E-state index in [0.717, 1.165) is 25.2 Å². The summed E-state index contributed by atoms with van der Waals surface area (Å²) in [7, 11) is 0. The highest BCUT2D eigenvalue weighted by Crippen LogP contribution is 2.10.